The van der Waals surface area contributed by atoms with Gasteiger partial charge in [0.15, 0.2) is 0 Å². The maximum Gasteiger partial charge on any atom is 0.272 e. The maximum atomic E-state index is 13.2. The van der Waals surface area contributed by atoms with Crippen LogP contribution in [-0.2, 0) is 9.59 Å². The van der Waals surface area contributed by atoms with Gasteiger partial charge in [0.2, 0.25) is 5.91 Å². The molecule has 0 fully saturated rings. The first-order valence-corrected chi connectivity index (χ1v) is 10.8. The Kier molecular flexibility index (Phi) is 6.92. The molecule has 0 aliphatic carbocycles. The third kappa shape index (κ3) is 5.75. The summed E-state index contributed by atoms with van der Waals surface area (Å²) in [5.74, 6) is -0.430. The van der Waals surface area contributed by atoms with E-state index in [4.69, 9.17) is 4.74 Å². The molecule has 3 amide bonds. The Bertz CT molecular complexity index is 1410. The van der Waals surface area contributed by atoms with Crippen molar-refractivity contribution in [3.05, 3.63) is 95.8 Å². The van der Waals surface area contributed by atoms with Crippen LogP contribution in [0.2, 0.25) is 0 Å². The summed E-state index contributed by atoms with van der Waals surface area (Å²) >= 11 is 0. The fourth-order valence-electron chi connectivity index (χ4n) is 3.50. The van der Waals surface area contributed by atoms with Crippen LogP contribution in [0.4, 0.5) is 11.4 Å². The van der Waals surface area contributed by atoms with Crippen molar-refractivity contribution >= 4 is 46.1 Å². The Morgan fingerprint density at radius 3 is 2.23 bits per heavy atom. The highest BCUT2D eigenvalue weighted by atomic mass is 16.5. The number of amides is 3. The van der Waals surface area contributed by atoms with E-state index in [1.54, 1.807) is 67.9 Å². The average molecular weight is 469 g/mol. The summed E-state index contributed by atoms with van der Waals surface area (Å²) in [5.41, 5.74) is 3.17. The van der Waals surface area contributed by atoms with Crippen LogP contribution in [0.25, 0.3) is 17.0 Å². The van der Waals surface area contributed by atoms with Gasteiger partial charge in [0.1, 0.15) is 11.4 Å². The van der Waals surface area contributed by atoms with Gasteiger partial charge in [-0.05, 0) is 60.7 Å². The van der Waals surface area contributed by atoms with Crippen molar-refractivity contribution in [1.29, 1.82) is 0 Å². The third-order valence-electron chi connectivity index (χ3n) is 5.21. The van der Waals surface area contributed by atoms with E-state index in [1.165, 1.54) is 6.92 Å². The van der Waals surface area contributed by atoms with Crippen LogP contribution in [0.15, 0.2) is 84.7 Å². The number of nitrogens with one attached hydrogen (secondary N) is 4. The molecule has 0 saturated heterocycles. The van der Waals surface area contributed by atoms with Gasteiger partial charge in [-0.3, -0.25) is 14.4 Å². The summed E-state index contributed by atoms with van der Waals surface area (Å²) in [6.07, 6.45) is 3.37. The zero-order chi connectivity index (χ0) is 24.8. The number of fused-ring (bicyclic) bond motifs is 1. The standard InChI is InChI=1S/C27H24N4O4/c1-17(32)29-20-8-10-21(11-9-20)30-27(34)25(31-26(33)18-6-4-3-5-7-18)14-19-16-28-24-13-12-22(35-2)15-23(19)24/h3-16,28H,1-2H3,(H,29,32)(H,30,34)(H,31,33)/b25-14-. The highest BCUT2D eigenvalue weighted by Crippen LogP contribution is 2.25. The largest absolute Gasteiger partial charge is 0.497 e. The predicted octanol–water partition coefficient (Wildman–Crippen LogP) is 4.54. The minimum Gasteiger partial charge on any atom is -0.497 e. The van der Waals surface area contributed by atoms with E-state index < -0.39 is 11.8 Å². The summed E-state index contributed by atoms with van der Waals surface area (Å²) in [7, 11) is 1.58. The van der Waals surface area contributed by atoms with Crippen molar-refractivity contribution in [2.24, 2.45) is 0 Å². The summed E-state index contributed by atoms with van der Waals surface area (Å²) < 4.78 is 5.32. The third-order valence-corrected chi connectivity index (χ3v) is 5.21. The zero-order valence-corrected chi connectivity index (χ0v) is 19.2. The molecule has 0 aliphatic heterocycles. The van der Waals surface area contributed by atoms with Gasteiger partial charge in [-0.2, -0.15) is 0 Å². The van der Waals surface area contributed by atoms with E-state index in [2.05, 4.69) is 20.9 Å². The van der Waals surface area contributed by atoms with E-state index in [0.717, 1.165) is 10.9 Å². The van der Waals surface area contributed by atoms with Crippen molar-refractivity contribution in [1.82, 2.24) is 10.3 Å². The van der Waals surface area contributed by atoms with Gasteiger partial charge in [-0.15, -0.1) is 0 Å². The lowest BCUT2D eigenvalue weighted by atomic mass is 10.1. The van der Waals surface area contributed by atoms with Crippen molar-refractivity contribution in [3.8, 4) is 5.75 Å². The number of hydrogen-bond acceptors (Lipinski definition) is 4. The maximum absolute atomic E-state index is 13.2. The first kappa shape index (κ1) is 23.3. The van der Waals surface area contributed by atoms with E-state index in [-0.39, 0.29) is 11.6 Å². The lowest BCUT2D eigenvalue weighted by Crippen LogP contribution is -2.30. The summed E-state index contributed by atoms with van der Waals surface area (Å²) in [4.78, 5) is 40.5. The van der Waals surface area contributed by atoms with Crippen LogP contribution in [-0.4, -0.2) is 29.8 Å². The molecule has 8 nitrogen and oxygen atoms in total. The van der Waals surface area contributed by atoms with Gasteiger partial charge < -0.3 is 25.7 Å². The molecule has 0 atom stereocenters. The topological polar surface area (TPSA) is 112 Å². The molecule has 4 N–H and O–H groups in total. The number of rotatable bonds is 7. The Morgan fingerprint density at radius 1 is 0.886 bits per heavy atom. The fraction of sp³-hybridized carbons (Fsp3) is 0.0741. The van der Waals surface area contributed by atoms with Gasteiger partial charge >= 0.3 is 0 Å². The fourth-order valence-corrected chi connectivity index (χ4v) is 3.50. The number of carbonyl (C=O) groups excluding carboxylic acids is 3. The number of hydrogen-bond donors (Lipinski definition) is 4. The molecular formula is C27H24N4O4. The van der Waals surface area contributed by atoms with E-state index in [9.17, 15) is 14.4 Å². The molecule has 176 valence electrons. The number of carbonyl (C=O) groups is 3. The van der Waals surface area contributed by atoms with E-state index in [1.807, 2.05) is 24.3 Å². The Hall–Kier alpha value is -4.85. The highest BCUT2D eigenvalue weighted by Gasteiger charge is 2.16. The quantitative estimate of drug-likeness (QED) is 0.298. The van der Waals surface area contributed by atoms with Crippen LogP contribution in [0, 0.1) is 0 Å². The van der Waals surface area contributed by atoms with Crippen molar-refractivity contribution in [2.75, 3.05) is 17.7 Å². The molecule has 0 saturated carbocycles. The SMILES string of the molecule is COc1ccc2[nH]cc(/C=C(\NC(=O)c3ccccc3)C(=O)Nc3ccc(NC(C)=O)cc3)c2c1. The summed E-state index contributed by atoms with van der Waals surface area (Å²) in [5, 5.41) is 9.03. The molecule has 1 aromatic heterocycles. The number of ether oxygens (including phenoxy) is 1. The minimum atomic E-state index is -0.501. The molecular weight excluding hydrogens is 444 g/mol. The first-order chi connectivity index (χ1) is 16.9. The Balaban J connectivity index is 1.65. The lowest BCUT2D eigenvalue weighted by Gasteiger charge is -2.12. The monoisotopic (exact) mass is 468 g/mol. The molecule has 0 spiro atoms. The second-order valence-electron chi connectivity index (χ2n) is 7.75. The number of aromatic amines is 1. The van der Waals surface area contributed by atoms with Gasteiger partial charge in [0.25, 0.3) is 11.8 Å². The number of methoxy groups -OCH3 is 1. The normalized spacial score (nSPS) is 11.1. The molecule has 1 heterocycles. The molecule has 4 rings (SSSR count). The van der Waals surface area contributed by atoms with Crippen LogP contribution < -0.4 is 20.7 Å². The van der Waals surface area contributed by atoms with Crippen molar-refractivity contribution in [2.45, 2.75) is 6.92 Å². The Labute approximate surface area is 202 Å². The predicted molar refractivity (Wildman–Crippen MR) is 136 cm³/mol. The van der Waals surface area contributed by atoms with Crippen molar-refractivity contribution in [3.63, 3.8) is 0 Å². The summed E-state index contributed by atoms with van der Waals surface area (Å²) in [6, 6.07) is 20.9. The van der Waals surface area contributed by atoms with Crippen molar-refractivity contribution < 1.29 is 19.1 Å². The van der Waals surface area contributed by atoms with Crippen LogP contribution >= 0.6 is 0 Å². The van der Waals surface area contributed by atoms with E-state index in [0.29, 0.717) is 28.3 Å². The van der Waals surface area contributed by atoms with Gasteiger partial charge in [-0.25, -0.2) is 0 Å². The molecule has 3 aromatic carbocycles. The van der Waals surface area contributed by atoms with E-state index >= 15 is 0 Å². The minimum absolute atomic E-state index is 0.0634. The van der Waals surface area contributed by atoms with Crippen LogP contribution in [0.5, 0.6) is 5.75 Å². The highest BCUT2D eigenvalue weighted by molar-refractivity contribution is 6.11. The molecule has 8 heteroatoms. The van der Waals surface area contributed by atoms with Crippen LogP contribution in [0.3, 0.4) is 0 Å². The van der Waals surface area contributed by atoms with Gasteiger partial charge in [0, 0.05) is 46.5 Å². The number of benzene rings is 3. The first-order valence-electron chi connectivity index (χ1n) is 10.8. The number of aromatic nitrogens is 1. The van der Waals surface area contributed by atoms with Gasteiger partial charge in [-0.1, -0.05) is 18.2 Å². The molecule has 4 aromatic rings. The molecule has 0 radical (unpaired) electrons. The summed E-state index contributed by atoms with van der Waals surface area (Å²) in [6.45, 7) is 1.42. The second kappa shape index (κ2) is 10.4. The molecule has 0 aliphatic rings. The number of anilines is 2. The van der Waals surface area contributed by atoms with Crippen LogP contribution in [0.1, 0.15) is 22.8 Å². The molecule has 0 bridgehead atoms. The average Bonchev–Trinajstić information content (AvgIpc) is 3.26. The second-order valence-corrected chi connectivity index (χ2v) is 7.75. The smallest absolute Gasteiger partial charge is 0.272 e. The Morgan fingerprint density at radius 2 is 1.57 bits per heavy atom. The molecule has 35 heavy (non-hydrogen) atoms. The van der Waals surface area contributed by atoms with Gasteiger partial charge in [0.05, 0.1) is 7.11 Å². The lowest BCUT2D eigenvalue weighted by molar-refractivity contribution is -0.114. The zero-order valence-electron chi connectivity index (χ0n) is 19.2. The molecule has 0 unspecified atom stereocenters. The number of H-pyrrole nitrogens is 1.